The molecule has 2 bridgehead atoms. The molecule has 0 radical (unpaired) electrons. The Morgan fingerprint density at radius 3 is 2.47 bits per heavy atom. The molecule has 0 aliphatic heterocycles. The van der Waals surface area contributed by atoms with Crippen molar-refractivity contribution in [1.29, 1.82) is 0 Å². The number of aliphatic hydroxyl groups is 1. The van der Waals surface area contributed by atoms with Gasteiger partial charge in [0.05, 0.1) is 21.4 Å². The number of hydrogen-bond donors (Lipinski definition) is 2. The second-order valence-corrected chi connectivity index (χ2v) is 13.6. The van der Waals surface area contributed by atoms with Crippen LogP contribution in [0.4, 0.5) is 23.2 Å². The van der Waals surface area contributed by atoms with E-state index in [1.165, 1.54) is 24.4 Å². The predicted molar refractivity (Wildman–Crippen MR) is 151 cm³/mol. The van der Waals surface area contributed by atoms with E-state index in [1.807, 2.05) is 6.92 Å². The zero-order valence-corrected chi connectivity index (χ0v) is 24.3. The summed E-state index contributed by atoms with van der Waals surface area (Å²) in [7, 11) is -4.14. The van der Waals surface area contributed by atoms with Gasteiger partial charge >= 0.3 is 0 Å². The number of amides is 1. The Bertz CT molecular complexity index is 1680. The average Bonchev–Trinajstić information content (AvgIpc) is 3.17. The minimum Gasteiger partial charge on any atom is -0.391 e. The maximum absolute atomic E-state index is 14.0. The van der Waals surface area contributed by atoms with Crippen molar-refractivity contribution in [3.05, 3.63) is 94.0 Å². The topological polar surface area (TPSA) is 105 Å². The first-order valence-electron chi connectivity index (χ1n) is 13.4. The summed E-state index contributed by atoms with van der Waals surface area (Å²) in [5.74, 6) is -7.06. The Kier molecular flexibility index (Phi) is 8.56. The minimum absolute atomic E-state index is 0.0694. The van der Waals surface area contributed by atoms with E-state index in [0.29, 0.717) is 24.1 Å². The molecule has 0 saturated heterocycles. The third-order valence-corrected chi connectivity index (χ3v) is 11.0. The van der Waals surface area contributed by atoms with Crippen molar-refractivity contribution in [3.8, 4) is 0 Å². The molecule has 43 heavy (non-hydrogen) atoms. The van der Waals surface area contributed by atoms with Crippen LogP contribution in [0.25, 0.3) is 0 Å². The zero-order chi connectivity index (χ0) is 31.1. The van der Waals surface area contributed by atoms with Crippen molar-refractivity contribution < 1.29 is 40.7 Å². The molecule has 0 heterocycles. The van der Waals surface area contributed by atoms with E-state index in [-0.39, 0.29) is 46.5 Å². The number of oxime groups is 1. The number of anilines is 1. The first kappa shape index (κ1) is 31.0. The Labute approximate surface area is 250 Å². The molecule has 3 aromatic carbocycles. The van der Waals surface area contributed by atoms with Gasteiger partial charge in [0.15, 0.2) is 27.3 Å². The maximum atomic E-state index is 14.0. The molecule has 228 valence electrons. The summed E-state index contributed by atoms with van der Waals surface area (Å²) in [5, 5.41) is 16.3. The fraction of sp³-hybridized carbons (Fsp3) is 0.333. The average molecular weight is 639 g/mol. The van der Waals surface area contributed by atoms with E-state index in [0.717, 1.165) is 6.07 Å². The quantitative estimate of drug-likeness (QED) is 0.131. The van der Waals surface area contributed by atoms with Crippen molar-refractivity contribution in [2.45, 2.75) is 48.5 Å². The molecule has 5 atom stereocenters. The summed E-state index contributed by atoms with van der Waals surface area (Å²) in [4.78, 5) is 17.7. The van der Waals surface area contributed by atoms with Crippen molar-refractivity contribution in [2.75, 3.05) is 5.32 Å². The van der Waals surface area contributed by atoms with E-state index in [2.05, 4.69) is 10.5 Å². The van der Waals surface area contributed by atoms with Crippen molar-refractivity contribution in [3.63, 3.8) is 0 Å². The van der Waals surface area contributed by atoms with Gasteiger partial charge in [0.1, 0.15) is 18.0 Å². The minimum atomic E-state index is -4.14. The highest BCUT2D eigenvalue weighted by atomic mass is 35.5. The van der Waals surface area contributed by atoms with Gasteiger partial charge in [-0.05, 0) is 61.3 Å². The van der Waals surface area contributed by atoms with E-state index < -0.39 is 61.7 Å². The smallest absolute Gasteiger partial charge is 0.255 e. The van der Waals surface area contributed by atoms with Gasteiger partial charge in [-0.25, -0.2) is 26.0 Å². The molecule has 13 heteroatoms. The van der Waals surface area contributed by atoms with E-state index in [4.69, 9.17) is 16.4 Å². The van der Waals surface area contributed by atoms with Gasteiger partial charge < -0.3 is 15.3 Å². The lowest BCUT2D eigenvalue weighted by Gasteiger charge is -2.39. The zero-order valence-electron chi connectivity index (χ0n) is 22.7. The summed E-state index contributed by atoms with van der Waals surface area (Å²) in [6.07, 6.45) is 1.89. The molecule has 2 aliphatic carbocycles. The van der Waals surface area contributed by atoms with E-state index in [9.17, 15) is 35.9 Å². The van der Waals surface area contributed by atoms with Gasteiger partial charge in [-0.2, -0.15) is 0 Å². The molecule has 7 nitrogen and oxygen atoms in total. The second kappa shape index (κ2) is 11.9. The van der Waals surface area contributed by atoms with Gasteiger partial charge in [0, 0.05) is 28.9 Å². The van der Waals surface area contributed by atoms with Crippen LogP contribution in [0.5, 0.6) is 0 Å². The SMILES string of the molecule is C[C@H]1C[C@H]2C[C@](O)(/C=N/OCc3ccccc3F)CC1C2S(=O)(=O)c1cc(C(=O)Nc2cc(F)c(F)c(F)c2)ccc1Cl. The number of nitrogens with one attached hydrogen (secondary N) is 1. The summed E-state index contributed by atoms with van der Waals surface area (Å²) >= 11 is 6.31. The van der Waals surface area contributed by atoms with Gasteiger partial charge in [0.2, 0.25) is 0 Å². The first-order valence-corrected chi connectivity index (χ1v) is 15.3. The third-order valence-electron chi connectivity index (χ3n) is 8.14. The summed E-state index contributed by atoms with van der Waals surface area (Å²) in [6, 6.07) is 10.8. The molecular formula is C30H27ClF4N2O5S. The lowest BCUT2D eigenvalue weighted by Crippen LogP contribution is -2.47. The van der Waals surface area contributed by atoms with E-state index >= 15 is 0 Å². The highest BCUT2D eigenvalue weighted by molar-refractivity contribution is 7.92. The van der Waals surface area contributed by atoms with Crippen LogP contribution < -0.4 is 5.32 Å². The van der Waals surface area contributed by atoms with Crippen LogP contribution in [0.1, 0.15) is 42.1 Å². The van der Waals surface area contributed by atoms with Crippen molar-refractivity contribution in [1.82, 2.24) is 0 Å². The molecule has 2 fully saturated rings. The van der Waals surface area contributed by atoms with E-state index in [1.54, 1.807) is 18.2 Å². The Balaban J connectivity index is 1.34. The number of halogens is 5. The summed E-state index contributed by atoms with van der Waals surface area (Å²) in [6.45, 7) is 1.75. The molecule has 3 aromatic rings. The number of fused-ring (bicyclic) bond motifs is 2. The Morgan fingerprint density at radius 2 is 1.79 bits per heavy atom. The van der Waals surface area contributed by atoms with Crippen LogP contribution in [0.3, 0.4) is 0 Å². The van der Waals surface area contributed by atoms with Crippen LogP contribution in [0, 0.1) is 41.0 Å². The van der Waals surface area contributed by atoms with Crippen LogP contribution in [0.2, 0.25) is 5.02 Å². The lowest BCUT2D eigenvalue weighted by molar-refractivity contribution is 0.0381. The standard InChI is InChI=1S/C30H27ClF4N2O5S/c1-16-8-19-12-30(39,15-36-42-14-18-4-2-3-5-23(18)32)13-21(16)28(19)43(40,41)26-9-17(6-7-22(26)31)29(38)37-20-10-24(33)27(35)25(34)11-20/h2-7,9-11,15-16,19,21,28,39H,8,12-14H2,1H3,(H,37,38)/b36-15+/t16-,19-,21?,28?,30+/m0/s1. The van der Waals surface area contributed by atoms with Crippen molar-refractivity contribution in [2.24, 2.45) is 22.9 Å². The molecule has 2 N–H and O–H groups in total. The molecule has 5 rings (SSSR count). The molecule has 2 aliphatic rings. The molecular weight excluding hydrogens is 612 g/mol. The monoisotopic (exact) mass is 638 g/mol. The number of carbonyl (C=O) groups excluding carboxylic acids is 1. The number of carbonyl (C=O) groups is 1. The molecule has 2 unspecified atom stereocenters. The summed E-state index contributed by atoms with van der Waals surface area (Å²) < 4.78 is 82.3. The first-order chi connectivity index (χ1) is 20.3. The molecule has 0 aromatic heterocycles. The normalized spacial score (nSPS) is 25.2. The highest BCUT2D eigenvalue weighted by Crippen LogP contribution is 2.53. The summed E-state index contributed by atoms with van der Waals surface area (Å²) in [5.41, 5.74) is -1.68. The van der Waals surface area contributed by atoms with Crippen LogP contribution in [-0.2, 0) is 21.3 Å². The van der Waals surface area contributed by atoms with Crippen molar-refractivity contribution >= 4 is 39.2 Å². The van der Waals surface area contributed by atoms with Gasteiger partial charge in [0.25, 0.3) is 5.91 Å². The number of sulfone groups is 1. The third kappa shape index (κ3) is 6.27. The second-order valence-electron chi connectivity index (χ2n) is 11.1. The van der Waals surface area contributed by atoms with Gasteiger partial charge in [-0.3, -0.25) is 4.79 Å². The fourth-order valence-electron chi connectivity index (χ4n) is 6.21. The van der Waals surface area contributed by atoms with Crippen LogP contribution >= 0.6 is 11.6 Å². The lowest BCUT2D eigenvalue weighted by atomic mass is 9.77. The van der Waals surface area contributed by atoms with Gasteiger partial charge in [-0.15, -0.1) is 0 Å². The molecule has 0 spiro atoms. The number of nitrogens with zero attached hydrogens (tertiary/aromatic N) is 1. The molecule has 2 saturated carbocycles. The maximum Gasteiger partial charge on any atom is 0.255 e. The molecule has 1 amide bonds. The van der Waals surface area contributed by atoms with Crippen LogP contribution in [0.15, 0.2) is 64.6 Å². The highest BCUT2D eigenvalue weighted by Gasteiger charge is 2.56. The van der Waals surface area contributed by atoms with Crippen LogP contribution in [-0.4, -0.2) is 36.5 Å². The Morgan fingerprint density at radius 1 is 1.09 bits per heavy atom. The fourth-order valence-corrected chi connectivity index (χ4v) is 9.11. The van der Waals surface area contributed by atoms with Gasteiger partial charge in [-0.1, -0.05) is 41.9 Å². The largest absolute Gasteiger partial charge is 0.391 e. The number of rotatable bonds is 8. The number of benzene rings is 3. The Hall–Kier alpha value is -3.48. The predicted octanol–water partition coefficient (Wildman–Crippen LogP) is 6.29. The number of hydrogen-bond acceptors (Lipinski definition) is 6.